The molecule has 4 rings (SSSR count). The molecule has 7 nitrogen and oxygen atoms in total. The summed E-state index contributed by atoms with van der Waals surface area (Å²) >= 11 is 1.51. The monoisotopic (exact) mass is 325 g/mol. The summed E-state index contributed by atoms with van der Waals surface area (Å²) in [5, 5.41) is 12.7. The highest BCUT2D eigenvalue weighted by Gasteiger charge is 2.29. The van der Waals surface area contributed by atoms with Crippen molar-refractivity contribution in [3.05, 3.63) is 29.7 Å². The molecule has 0 aliphatic carbocycles. The maximum atomic E-state index is 8.92. The third-order valence-corrected chi connectivity index (χ3v) is 5.18. The molecule has 0 radical (unpaired) electrons. The third kappa shape index (κ3) is 2.39. The van der Waals surface area contributed by atoms with Crippen molar-refractivity contribution in [2.45, 2.75) is 12.5 Å². The summed E-state index contributed by atoms with van der Waals surface area (Å²) in [5.41, 5.74) is 1.35. The number of nitriles is 1. The normalized spacial score (nSPS) is 17.6. The Morgan fingerprint density at radius 1 is 1.48 bits per heavy atom. The molecule has 1 atom stereocenters. The molecule has 0 aromatic carbocycles. The summed E-state index contributed by atoms with van der Waals surface area (Å²) in [7, 11) is 2.04. The number of hydrogen-bond donors (Lipinski definition) is 1. The van der Waals surface area contributed by atoms with Gasteiger partial charge in [0.2, 0.25) is 0 Å². The van der Waals surface area contributed by atoms with Crippen molar-refractivity contribution < 1.29 is 0 Å². The van der Waals surface area contributed by atoms with Crippen molar-refractivity contribution in [2.75, 3.05) is 29.9 Å². The first kappa shape index (κ1) is 14.0. The number of anilines is 2. The lowest BCUT2D eigenvalue weighted by Crippen LogP contribution is -2.34. The van der Waals surface area contributed by atoms with Gasteiger partial charge in [-0.1, -0.05) is 0 Å². The van der Waals surface area contributed by atoms with E-state index in [4.69, 9.17) is 5.26 Å². The number of aromatic nitrogens is 4. The second-order valence-electron chi connectivity index (χ2n) is 5.56. The van der Waals surface area contributed by atoms with Crippen molar-refractivity contribution >= 4 is 33.3 Å². The number of likely N-dealkylation sites (N-methyl/N-ethyl adjacent to an activating group) is 1. The Hall–Kier alpha value is -2.66. The minimum absolute atomic E-state index is 0.358. The number of thiazole rings is 1. The van der Waals surface area contributed by atoms with Gasteiger partial charge in [-0.2, -0.15) is 5.26 Å². The van der Waals surface area contributed by atoms with E-state index in [2.05, 4.69) is 35.8 Å². The van der Waals surface area contributed by atoms with Crippen LogP contribution in [-0.4, -0.2) is 46.1 Å². The Morgan fingerprint density at radius 2 is 2.39 bits per heavy atom. The number of nitrogens with one attached hydrogen (secondary N) is 1. The molecule has 116 valence electrons. The van der Waals surface area contributed by atoms with Gasteiger partial charge in [0.1, 0.15) is 23.9 Å². The van der Waals surface area contributed by atoms with E-state index in [1.807, 2.05) is 19.3 Å². The molecule has 3 aromatic heterocycles. The quantitative estimate of drug-likeness (QED) is 0.793. The lowest BCUT2D eigenvalue weighted by atomic mass is 10.2. The molecule has 3 aromatic rings. The first-order chi connectivity index (χ1) is 11.3. The number of rotatable bonds is 3. The van der Waals surface area contributed by atoms with E-state index in [1.54, 1.807) is 11.7 Å². The van der Waals surface area contributed by atoms with Crippen molar-refractivity contribution in [1.82, 2.24) is 19.9 Å². The highest BCUT2D eigenvalue weighted by molar-refractivity contribution is 7.13. The van der Waals surface area contributed by atoms with Gasteiger partial charge >= 0.3 is 0 Å². The fourth-order valence-electron chi connectivity index (χ4n) is 2.99. The lowest BCUT2D eigenvalue weighted by Gasteiger charge is -2.24. The predicted molar refractivity (Wildman–Crippen MR) is 89.7 cm³/mol. The molecular weight excluding hydrogens is 310 g/mol. The maximum Gasteiger partial charge on any atom is 0.186 e. The first-order valence-corrected chi connectivity index (χ1v) is 8.25. The van der Waals surface area contributed by atoms with Gasteiger partial charge in [-0.15, -0.1) is 11.3 Å². The van der Waals surface area contributed by atoms with Crippen LogP contribution < -0.4 is 9.80 Å². The minimum atomic E-state index is 0.358. The Balaban J connectivity index is 1.55. The van der Waals surface area contributed by atoms with Crippen LogP contribution in [0, 0.1) is 11.3 Å². The molecule has 0 bridgehead atoms. The summed E-state index contributed by atoms with van der Waals surface area (Å²) in [6.45, 7) is 1.83. The lowest BCUT2D eigenvalue weighted by molar-refractivity contribution is 0.690. The summed E-state index contributed by atoms with van der Waals surface area (Å²) in [6.07, 6.45) is 4.53. The standard InChI is InChI=1S/C15H15N7S/c1-21(15-20-10(6-16)8-23-15)11-3-5-22(7-11)14-12-2-4-17-13(12)18-9-19-14/h2,4,8-9,11H,3,5,7H2,1H3,(H,17,18,19). The fourth-order valence-corrected chi connectivity index (χ4v) is 3.78. The van der Waals surface area contributed by atoms with Crippen LogP contribution in [0.25, 0.3) is 11.0 Å². The number of hydrogen-bond acceptors (Lipinski definition) is 7. The van der Waals surface area contributed by atoms with E-state index in [-0.39, 0.29) is 0 Å². The highest BCUT2D eigenvalue weighted by Crippen LogP contribution is 2.29. The minimum Gasteiger partial charge on any atom is -0.354 e. The molecule has 8 heteroatoms. The molecule has 1 unspecified atom stereocenters. The van der Waals surface area contributed by atoms with Crippen molar-refractivity contribution in [3.8, 4) is 6.07 Å². The third-order valence-electron chi connectivity index (χ3n) is 4.25. The fraction of sp³-hybridized carbons (Fsp3) is 0.333. The van der Waals surface area contributed by atoms with Gasteiger partial charge in [0.15, 0.2) is 10.8 Å². The number of nitrogens with zero attached hydrogens (tertiary/aromatic N) is 6. The molecule has 1 aliphatic heterocycles. The Labute approximate surface area is 137 Å². The van der Waals surface area contributed by atoms with Gasteiger partial charge in [0.25, 0.3) is 0 Å². The second-order valence-corrected chi connectivity index (χ2v) is 6.40. The second kappa shape index (κ2) is 5.52. The maximum absolute atomic E-state index is 8.92. The van der Waals surface area contributed by atoms with E-state index >= 15 is 0 Å². The van der Waals surface area contributed by atoms with Crippen LogP contribution in [-0.2, 0) is 0 Å². The summed E-state index contributed by atoms with van der Waals surface area (Å²) in [6, 6.07) is 4.46. The zero-order chi connectivity index (χ0) is 15.8. The Morgan fingerprint density at radius 3 is 3.22 bits per heavy atom. The van der Waals surface area contributed by atoms with Crippen molar-refractivity contribution in [3.63, 3.8) is 0 Å². The molecule has 0 spiro atoms. The van der Waals surface area contributed by atoms with E-state index in [0.717, 1.165) is 41.5 Å². The van der Waals surface area contributed by atoms with E-state index < -0.39 is 0 Å². The summed E-state index contributed by atoms with van der Waals surface area (Å²) in [4.78, 5) is 20.6. The molecule has 0 amide bonds. The van der Waals surface area contributed by atoms with Gasteiger partial charge in [-0.3, -0.25) is 0 Å². The molecule has 1 N–H and O–H groups in total. The van der Waals surface area contributed by atoms with Crippen molar-refractivity contribution in [1.29, 1.82) is 5.26 Å². The summed E-state index contributed by atoms with van der Waals surface area (Å²) < 4.78 is 0. The first-order valence-electron chi connectivity index (χ1n) is 7.38. The van der Waals surface area contributed by atoms with Crippen LogP contribution in [0.3, 0.4) is 0 Å². The van der Waals surface area contributed by atoms with E-state index in [9.17, 15) is 0 Å². The zero-order valence-corrected chi connectivity index (χ0v) is 13.4. The zero-order valence-electron chi connectivity index (χ0n) is 12.6. The molecule has 1 aliphatic rings. The smallest absolute Gasteiger partial charge is 0.186 e. The van der Waals surface area contributed by atoms with Crippen LogP contribution in [0.15, 0.2) is 24.0 Å². The van der Waals surface area contributed by atoms with Crippen LogP contribution in [0.2, 0.25) is 0 Å². The van der Waals surface area contributed by atoms with Gasteiger partial charge in [0.05, 0.1) is 11.4 Å². The predicted octanol–water partition coefficient (Wildman–Crippen LogP) is 2.00. The Kier molecular flexibility index (Phi) is 3.35. The van der Waals surface area contributed by atoms with Gasteiger partial charge in [0, 0.05) is 31.7 Å². The average molecular weight is 325 g/mol. The summed E-state index contributed by atoms with van der Waals surface area (Å²) in [5.74, 6) is 0.976. The average Bonchev–Trinajstić information content (AvgIpc) is 3.32. The topological polar surface area (TPSA) is 84.7 Å². The molecule has 23 heavy (non-hydrogen) atoms. The molecule has 1 fully saturated rings. The van der Waals surface area contributed by atoms with E-state index in [0.29, 0.717) is 11.7 Å². The molecule has 0 saturated carbocycles. The van der Waals surface area contributed by atoms with Crippen molar-refractivity contribution in [2.24, 2.45) is 0 Å². The van der Waals surface area contributed by atoms with E-state index in [1.165, 1.54) is 11.3 Å². The number of fused-ring (bicyclic) bond motifs is 1. The Bertz CT molecular complexity index is 877. The van der Waals surface area contributed by atoms with Gasteiger partial charge < -0.3 is 14.8 Å². The highest BCUT2D eigenvalue weighted by atomic mass is 32.1. The van der Waals surface area contributed by atoms with Gasteiger partial charge in [-0.05, 0) is 12.5 Å². The van der Waals surface area contributed by atoms with Crippen LogP contribution >= 0.6 is 11.3 Å². The molecule has 4 heterocycles. The van der Waals surface area contributed by atoms with Crippen LogP contribution in [0.5, 0.6) is 0 Å². The molecule has 1 saturated heterocycles. The van der Waals surface area contributed by atoms with Gasteiger partial charge in [-0.25, -0.2) is 15.0 Å². The molecular formula is C15H15N7S. The number of aromatic amines is 1. The van der Waals surface area contributed by atoms with Crippen LogP contribution in [0.1, 0.15) is 12.1 Å². The SMILES string of the molecule is CN(c1nc(C#N)cs1)C1CCN(c2ncnc3[nH]ccc23)C1. The largest absolute Gasteiger partial charge is 0.354 e. The van der Waals surface area contributed by atoms with Crippen LogP contribution in [0.4, 0.5) is 10.9 Å². The number of H-pyrrole nitrogens is 1.